The Hall–Kier alpha value is -1.96. The Morgan fingerprint density at radius 3 is 2.60 bits per heavy atom. The lowest BCUT2D eigenvalue weighted by molar-refractivity contribution is 0.599. The van der Waals surface area contributed by atoms with E-state index in [9.17, 15) is 8.42 Å². The Bertz CT molecular complexity index is 708. The SMILES string of the molecule is CCCS(=O)(=O)Nc1cc(-n2nc(C)cc2C)ncn1. The Morgan fingerprint density at radius 1 is 1.25 bits per heavy atom. The zero-order chi connectivity index (χ0) is 14.8. The van der Waals surface area contributed by atoms with Gasteiger partial charge in [0.05, 0.1) is 11.4 Å². The van der Waals surface area contributed by atoms with Gasteiger partial charge in [0.25, 0.3) is 0 Å². The fourth-order valence-corrected chi connectivity index (χ4v) is 2.93. The van der Waals surface area contributed by atoms with E-state index >= 15 is 0 Å². The average Bonchev–Trinajstić information content (AvgIpc) is 2.68. The first-order chi connectivity index (χ1) is 9.41. The second-order valence-electron chi connectivity index (χ2n) is 4.52. The largest absolute Gasteiger partial charge is 0.267 e. The molecule has 2 aromatic rings. The minimum atomic E-state index is -3.36. The van der Waals surface area contributed by atoms with Crippen molar-refractivity contribution in [1.29, 1.82) is 0 Å². The van der Waals surface area contributed by atoms with Gasteiger partial charge in [-0.25, -0.2) is 23.1 Å². The molecule has 2 rings (SSSR count). The number of hydrogen-bond acceptors (Lipinski definition) is 5. The molecule has 0 spiro atoms. The smallest absolute Gasteiger partial charge is 0.233 e. The van der Waals surface area contributed by atoms with Gasteiger partial charge in [0.1, 0.15) is 12.1 Å². The summed E-state index contributed by atoms with van der Waals surface area (Å²) >= 11 is 0. The maximum Gasteiger partial charge on any atom is 0.233 e. The highest BCUT2D eigenvalue weighted by molar-refractivity contribution is 7.92. The molecule has 0 unspecified atom stereocenters. The van der Waals surface area contributed by atoms with Crippen LogP contribution in [0.2, 0.25) is 0 Å². The Labute approximate surface area is 118 Å². The summed E-state index contributed by atoms with van der Waals surface area (Å²) in [6.45, 7) is 5.60. The third-order valence-electron chi connectivity index (χ3n) is 2.61. The number of aromatic nitrogens is 4. The van der Waals surface area contributed by atoms with Crippen LogP contribution in [-0.4, -0.2) is 33.9 Å². The third kappa shape index (κ3) is 3.32. The third-order valence-corrected chi connectivity index (χ3v) is 4.08. The summed E-state index contributed by atoms with van der Waals surface area (Å²) in [6, 6.07) is 3.48. The molecular formula is C12H17N5O2S. The summed E-state index contributed by atoms with van der Waals surface area (Å²) in [7, 11) is -3.36. The fourth-order valence-electron chi connectivity index (χ4n) is 1.86. The van der Waals surface area contributed by atoms with Gasteiger partial charge in [-0.15, -0.1) is 0 Å². The van der Waals surface area contributed by atoms with Crippen molar-refractivity contribution in [3.63, 3.8) is 0 Å². The standard InChI is InChI=1S/C12H17N5O2S/c1-4-5-20(18,19)16-11-7-12(14-8-13-11)17-10(3)6-9(2)15-17/h6-8H,4-5H2,1-3H3,(H,13,14,16). The van der Waals surface area contributed by atoms with Gasteiger partial charge in [-0.05, 0) is 26.3 Å². The summed E-state index contributed by atoms with van der Waals surface area (Å²) in [6.07, 6.45) is 1.86. The van der Waals surface area contributed by atoms with Gasteiger partial charge in [0.15, 0.2) is 5.82 Å². The normalized spacial score (nSPS) is 11.6. The lowest BCUT2D eigenvalue weighted by atomic mass is 10.4. The monoisotopic (exact) mass is 295 g/mol. The second-order valence-corrected chi connectivity index (χ2v) is 6.36. The Balaban J connectivity index is 2.31. The molecule has 2 heterocycles. The van der Waals surface area contributed by atoms with E-state index in [0.717, 1.165) is 11.4 Å². The highest BCUT2D eigenvalue weighted by atomic mass is 32.2. The van der Waals surface area contributed by atoms with Crippen LogP contribution in [-0.2, 0) is 10.0 Å². The highest BCUT2D eigenvalue weighted by Gasteiger charge is 2.12. The van der Waals surface area contributed by atoms with Gasteiger partial charge < -0.3 is 0 Å². The van der Waals surface area contributed by atoms with Crippen LogP contribution in [0.4, 0.5) is 5.82 Å². The van der Waals surface area contributed by atoms with Crippen LogP contribution in [0.25, 0.3) is 5.82 Å². The first kappa shape index (κ1) is 14.4. The number of rotatable bonds is 5. The van der Waals surface area contributed by atoms with Crippen LogP contribution >= 0.6 is 0 Å². The second kappa shape index (κ2) is 5.58. The quantitative estimate of drug-likeness (QED) is 0.901. The van der Waals surface area contributed by atoms with Crippen molar-refractivity contribution in [2.75, 3.05) is 10.5 Å². The molecule has 0 saturated carbocycles. The van der Waals surface area contributed by atoms with E-state index in [1.807, 2.05) is 19.9 Å². The van der Waals surface area contributed by atoms with Crippen LogP contribution in [0, 0.1) is 13.8 Å². The molecule has 0 radical (unpaired) electrons. The van der Waals surface area contributed by atoms with E-state index in [4.69, 9.17) is 0 Å². The maximum absolute atomic E-state index is 11.7. The highest BCUT2D eigenvalue weighted by Crippen LogP contribution is 2.13. The molecule has 0 fully saturated rings. The molecule has 1 N–H and O–H groups in total. The van der Waals surface area contributed by atoms with Crippen LogP contribution in [0.3, 0.4) is 0 Å². The van der Waals surface area contributed by atoms with Crippen molar-refractivity contribution in [1.82, 2.24) is 19.7 Å². The van der Waals surface area contributed by atoms with E-state index in [2.05, 4.69) is 19.8 Å². The Kier molecular flexibility index (Phi) is 4.03. The van der Waals surface area contributed by atoms with E-state index in [1.165, 1.54) is 6.33 Å². The predicted octanol–water partition coefficient (Wildman–Crippen LogP) is 1.43. The summed E-state index contributed by atoms with van der Waals surface area (Å²) in [5.41, 5.74) is 1.79. The van der Waals surface area contributed by atoms with Gasteiger partial charge >= 0.3 is 0 Å². The van der Waals surface area contributed by atoms with E-state index < -0.39 is 10.0 Å². The topological polar surface area (TPSA) is 89.8 Å². The van der Waals surface area contributed by atoms with Gasteiger partial charge in [-0.3, -0.25) is 4.72 Å². The molecule has 0 saturated heterocycles. The molecule has 0 aliphatic rings. The number of aryl methyl sites for hydroxylation is 2. The van der Waals surface area contributed by atoms with Crippen molar-refractivity contribution in [2.24, 2.45) is 0 Å². The Morgan fingerprint density at radius 2 is 2.00 bits per heavy atom. The van der Waals surface area contributed by atoms with Crippen molar-refractivity contribution >= 4 is 15.8 Å². The van der Waals surface area contributed by atoms with Crippen molar-refractivity contribution < 1.29 is 8.42 Å². The lowest BCUT2D eigenvalue weighted by Crippen LogP contribution is -2.17. The van der Waals surface area contributed by atoms with Crippen LogP contribution in [0.1, 0.15) is 24.7 Å². The minimum absolute atomic E-state index is 0.0617. The van der Waals surface area contributed by atoms with Gasteiger partial charge in [-0.1, -0.05) is 6.92 Å². The summed E-state index contributed by atoms with van der Waals surface area (Å²) in [5, 5.41) is 4.30. The van der Waals surface area contributed by atoms with Crippen LogP contribution < -0.4 is 4.72 Å². The van der Waals surface area contributed by atoms with Crippen LogP contribution in [0.15, 0.2) is 18.5 Å². The summed E-state index contributed by atoms with van der Waals surface area (Å²) < 4.78 is 27.5. The van der Waals surface area contributed by atoms with E-state index in [1.54, 1.807) is 17.7 Å². The zero-order valence-electron chi connectivity index (χ0n) is 11.7. The fraction of sp³-hybridized carbons (Fsp3) is 0.417. The molecule has 2 aromatic heterocycles. The van der Waals surface area contributed by atoms with Crippen molar-refractivity contribution in [3.8, 4) is 5.82 Å². The molecule has 20 heavy (non-hydrogen) atoms. The molecule has 0 aliphatic heterocycles. The number of nitrogens with zero attached hydrogens (tertiary/aromatic N) is 4. The number of anilines is 1. The number of sulfonamides is 1. The van der Waals surface area contributed by atoms with Gasteiger partial charge in [0.2, 0.25) is 10.0 Å². The molecule has 0 bridgehead atoms. The van der Waals surface area contributed by atoms with Crippen molar-refractivity contribution in [2.45, 2.75) is 27.2 Å². The summed E-state index contributed by atoms with van der Waals surface area (Å²) in [4.78, 5) is 8.04. The molecule has 108 valence electrons. The predicted molar refractivity (Wildman–Crippen MR) is 76.3 cm³/mol. The molecule has 0 atom stereocenters. The minimum Gasteiger partial charge on any atom is -0.267 e. The molecular weight excluding hydrogens is 278 g/mol. The zero-order valence-corrected chi connectivity index (χ0v) is 12.5. The number of nitrogens with one attached hydrogen (secondary N) is 1. The first-order valence-electron chi connectivity index (χ1n) is 6.27. The molecule has 0 aliphatic carbocycles. The summed E-state index contributed by atoms with van der Waals surface area (Å²) in [5.74, 6) is 0.836. The van der Waals surface area contributed by atoms with E-state index in [0.29, 0.717) is 12.2 Å². The van der Waals surface area contributed by atoms with Crippen LogP contribution in [0.5, 0.6) is 0 Å². The lowest BCUT2D eigenvalue weighted by Gasteiger charge is -2.08. The maximum atomic E-state index is 11.7. The molecule has 0 amide bonds. The van der Waals surface area contributed by atoms with E-state index in [-0.39, 0.29) is 11.6 Å². The molecule has 0 aromatic carbocycles. The average molecular weight is 295 g/mol. The van der Waals surface area contributed by atoms with Gasteiger partial charge in [-0.2, -0.15) is 5.10 Å². The van der Waals surface area contributed by atoms with Gasteiger partial charge in [0, 0.05) is 11.8 Å². The van der Waals surface area contributed by atoms with Crippen molar-refractivity contribution in [3.05, 3.63) is 29.8 Å². The first-order valence-corrected chi connectivity index (χ1v) is 7.92. The molecule has 7 nitrogen and oxygen atoms in total. The number of hydrogen-bond donors (Lipinski definition) is 1. The molecule has 8 heteroatoms.